The molecule has 3 rings (SSSR count). The van der Waals surface area contributed by atoms with Crippen molar-refractivity contribution in [1.82, 2.24) is 10.2 Å². The first kappa shape index (κ1) is 21.0. The Hall–Kier alpha value is -2.73. The summed E-state index contributed by atoms with van der Waals surface area (Å²) < 4.78 is 10.5. The molecule has 7 heteroatoms. The van der Waals surface area contributed by atoms with Crippen molar-refractivity contribution >= 4 is 23.4 Å². The summed E-state index contributed by atoms with van der Waals surface area (Å²) in [7, 11) is 3.16. The van der Waals surface area contributed by atoms with Crippen molar-refractivity contribution in [3.8, 4) is 11.5 Å². The van der Waals surface area contributed by atoms with Gasteiger partial charge in [-0.05, 0) is 42.7 Å². The number of piperidine rings is 1. The number of nitrogens with one attached hydrogen (secondary N) is 1. The number of methoxy groups -OCH3 is 2. The van der Waals surface area contributed by atoms with Gasteiger partial charge in [0.1, 0.15) is 0 Å². The highest BCUT2D eigenvalue weighted by Gasteiger charge is 2.25. The van der Waals surface area contributed by atoms with Gasteiger partial charge in [-0.2, -0.15) is 0 Å². The zero-order valence-corrected chi connectivity index (χ0v) is 17.4. The number of rotatable bonds is 6. The van der Waals surface area contributed by atoms with Crippen molar-refractivity contribution in [2.24, 2.45) is 0 Å². The Morgan fingerprint density at radius 2 is 1.76 bits per heavy atom. The number of benzene rings is 2. The fourth-order valence-electron chi connectivity index (χ4n) is 3.46. The summed E-state index contributed by atoms with van der Waals surface area (Å²) in [5, 5.41) is 3.46. The first-order valence-electron chi connectivity index (χ1n) is 9.56. The van der Waals surface area contributed by atoms with Crippen LogP contribution in [0.25, 0.3) is 0 Å². The molecule has 1 aliphatic rings. The van der Waals surface area contributed by atoms with Gasteiger partial charge in [0.2, 0.25) is 5.91 Å². The average molecular weight is 417 g/mol. The number of carbonyl (C=O) groups excluding carboxylic acids is 2. The number of carbonyl (C=O) groups is 2. The molecule has 1 saturated heterocycles. The standard InChI is InChI=1S/C22H25ClN2O4/c1-28-19-8-7-15(13-20(19)29-2)14-21(26)25-11-9-16(10-12-25)24-22(27)17-5-3-4-6-18(17)23/h3-8,13,16H,9-12,14H2,1-2H3,(H,24,27). The highest BCUT2D eigenvalue weighted by atomic mass is 35.5. The Morgan fingerprint density at radius 3 is 2.41 bits per heavy atom. The van der Waals surface area contributed by atoms with E-state index in [1.807, 2.05) is 17.0 Å². The van der Waals surface area contributed by atoms with E-state index in [1.165, 1.54) is 0 Å². The van der Waals surface area contributed by atoms with Gasteiger partial charge in [-0.15, -0.1) is 0 Å². The fraction of sp³-hybridized carbons (Fsp3) is 0.364. The lowest BCUT2D eigenvalue weighted by molar-refractivity contribution is -0.131. The molecule has 0 aliphatic carbocycles. The third-order valence-corrected chi connectivity index (χ3v) is 5.43. The maximum atomic E-state index is 12.7. The zero-order valence-electron chi connectivity index (χ0n) is 16.6. The number of likely N-dealkylation sites (tertiary alicyclic amines) is 1. The summed E-state index contributed by atoms with van der Waals surface area (Å²) in [4.78, 5) is 26.9. The second-order valence-electron chi connectivity index (χ2n) is 6.97. The van der Waals surface area contributed by atoms with Gasteiger partial charge in [0.05, 0.1) is 31.2 Å². The van der Waals surface area contributed by atoms with Gasteiger partial charge >= 0.3 is 0 Å². The molecule has 0 radical (unpaired) electrons. The third-order valence-electron chi connectivity index (χ3n) is 5.10. The molecule has 0 bridgehead atoms. The molecule has 0 unspecified atom stereocenters. The Bertz CT molecular complexity index is 879. The van der Waals surface area contributed by atoms with Gasteiger partial charge < -0.3 is 19.7 Å². The van der Waals surface area contributed by atoms with E-state index in [-0.39, 0.29) is 17.9 Å². The summed E-state index contributed by atoms with van der Waals surface area (Å²) in [6.07, 6.45) is 1.73. The molecule has 0 spiro atoms. The van der Waals surface area contributed by atoms with Crippen LogP contribution in [-0.2, 0) is 11.2 Å². The van der Waals surface area contributed by atoms with Crippen LogP contribution in [0.5, 0.6) is 11.5 Å². The van der Waals surface area contributed by atoms with E-state index in [1.54, 1.807) is 44.6 Å². The number of halogens is 1. The van der Waals surface area contributed by atoms with Gasteiger partial charge in [-0.25, -0.2) is 0 Å². The summed E-state index contributed by atoms with van der Waals surface area (Å²) in [6.45, 7) is 1.22. The normalized spacial score (nSPS) is 14.4. The minimum Gasteiger partial charge on any atom is -0.493 e. The molecule has 1 heterocycles. The lowest BCUT2D eigenvalue weighted by Crippen LogP contribution is -2.47. The van der Waals surface area contributed by atoms with Crippen molar-refractivity contribution < 1.29 is 19.1 Å². The lowest BCUT2D eigenvalue weighted by Gasteiger charge is -2.32. The van der Waals surface area contributed by atoms with E-state index in [2.05, 4.69) is 5.32 Å². The van der Waals surface area contributed by atoms with Gasteiger partial charge in [0.15, 0.2) is 11.5 Å². The number of hydrogen-bond donors (Lipinski definition) is 1. The first-order chi connectivity index (χ1) is 14.0. The lowest BCUT2D eigenvalue weighted by atomic mass is 10.0. The van der Waals surface area contributed by atoms with Gasteiger partial charge in [0.25, 0.3) is 5.91 Å². The predicted octanol–water partition coefficient (Wildman–Crippen LogP) is 3.32. The molecule has 2 aromatic rings. The predicted molar refractivity (Wildman–Crippen MR) is 112 cm³/mol. The molecule has 6 nitrogen and oxygen atoms in total. The van der Waals surface area contributed by atoms with Crippen molar-refractivity contribution in [3.63, 3.8) is 0 Å². The highest BCUT2D eigenvalue weighted by Crippen LogP contribution is 2.28. The highest BCUT2D eigenvalue weighted by molar-refractivity contribution is 6.33. The second kappa shape index (κ2) is 9.65. The van der Waals surface area contributed by atoms with E-state index >= 15 is 0 Å². The van der Waals surface area contributed by atoms with Crippen LogP contribution in [0.2, 0.25) is 5.02 Å². The minimum atomic E-state index is -0.175. The van der Waals surface area contributed by atoms with E-state index < -0.39 is 0 Å². The van der Waals surface area contributed by atoms with Crippen LogP contribution >= 0.6 is 11.6 Å². The maximum Gasteiger partial charge on any atom is 0.253 e. The van der Waals surface area contributed by atoms with E-state index in [0.29, 0.717) is 54.4 Å². The molecule has 0 atom stereocenters. The Kier molecular flexibility index (Phi) is 6.99. The fourth-order valence-corrected chi connectivity index (χ4v) is 3.68. The average Bonchev–Trinajstić information content (AvgIpc) is 2.74. The third kappa shape index (κ3) is 5.21. The molecule has 2 aromatic carbocycles. The topological polar surface area (TPSA) is 67.9 Å². The van der Waals surface area contributed by atoms with Crippen molar-refractivity contribution in [2.75, 3.05) is 27.3 Å². The Labute approximate surface area is 175 Å². The number of amides is 2. The van der Waals surface area contributed by atoms with Crippen LogP contribution in [0.3, 0.4) is 0 Å². The Morgan fingerprint density at radius 1 is 1.07 bits per heavy atom. The molecule has 0 saturated carbocycles. The van der Waals surface area contributed by atoms with Crippen LogP contribution in [0.15, 0.2) is 42.5 Å². The Balaban J connectivity index is 1.52. The molecule has 2 amide bonds. The van der Waals surface area contributed by atoms with E-state index in [0.717, 1.165) is 5.56 Å². The largest absolute Gasteiger partial charge is 0.493 e. The second-order valence-corrected chi connectivity index (χ2v) is 7.38. The van der Waals surface area contributed by atoms with E-state index in [4.69, 9.17) is 21.1 Å². The van der Waals surface area contributed by atoms with Crippen molar-refractivity contribution in [3.05, 3.63) is 58.6 Å². The quantitative estimate of drug-likeness (QED) is 0.784. The monoisotopic (exact) mass is 416 g/mol. The molecule has 1 aliphatic heterocycles. The zero-order chi connectivity index (χ0) is 20.8. The van der Waals surface area contributed by atoms with Crippen LogP contribution in [0.1, 0.15) is 28.8 Å². The molecular formula is C22H25ClN2O4. The molecule has 154 valence electrons. The summed E-state index contributed by atoms with van der Waals surface area (Å²) in [5.41, 5.74) is 1.35. The summed E-state index contributed by atoms with van der Waals surface area (Å²) in [6, 6.07) is 12.5. The number of hydrogen-bond acceptors (Lipinski definition) is 4. The molecule has 0 aromatic heterocycles. The molecule has 1 N–H and O–H groups in total. The van der Waals surface area contributed by atoms with Gasteiger partial charge in [0, 0.05) is 19.1 Å². The molecule has 29 heavy (non-hydrogen) atoms. The molecular weight excluding hydrogens is 392 g/mol. The van der Waals surface area contributed by atoms with Crippen LogP contribution in [-0.4, -0.2) is 50.1 Å². The van der Waals surface area contributed by atoms with Crippen LogP contribution in [0, 0.1) is 0 Å². The number of ether oxygens (including phenoxy) is 2. The summed E-state index contributed by atoms with van der Waals surface area (Å²) >= 11 is 6.09. The van der Waals surface area contributed by atoms with Crippen LogP contribution in [0.4, 0.5) is 0 Å². The first-order valence-corrected chi connectivity index (χ1v) is 9.93. The number of nitrogens with zero attached hydrogens (tertiary/aromatic N) is 1. The van der Waals surface area contributed by atoms with Crippen molar-refractivity contribution in [1.29, 1.82) is 0 Å². The van der Waals surface area contributed by atoms with Crippen molar-refractivity contribution in [2.45, 2.75) is 25.3 Å². The summed E-state index contributed by atoms with van der Waals surface area (Å²) in [5.74, 6) is 1.14. The maximum absolute atomic E-state index is 12.7. The smallest absolute Gasteiger partial charge is 0.253 e. The van der Waals surface area contributed by atoms with Gasteiger partial charge in [-0.1, -0.05) is 29.8 Å². The SMILES string of the molecule is COc1ccc(CC(=O)N2CCC(NC(=O)c3ccccc3Cl)CC2)cc1OC. The van der Waals surface area contributed by atoms with E-state index in [9.17, 15) is 9.59 Å². The minimum absolute atomic E-state index is 0.0314. The van der Waals surface area contributed by atoms with Gasteiger partial charge in [-0.3, -0.25) is 9.59 Å². The molecule has 1 fully saturated rings. The van der Waals surface area contributed by atoms with Crippen LogP contribution < -0.4 is 14.8 Å².